The third-order valence-electron chi connectivity index (χ3n) is 5.03. The van der Waals surface area contributed by atoms with Crippen molar-refractivity contribution in [3.8, 4) is 0 Å². The van der Waals surface area contributed by atoms with E-state index >= 15 is 0 Å². The number of carbonyl (C=O) groups is 1. The topological polar surface area (TPSA) is 75.5 Å². The molecule has 1 amide bonds. The second-order valence-corrected chi connectivity index (χ2v) is 6.97. The van der Waals surface area contributed by atoms with Crippen LogP contribution in [-0.2, 0) is 0 Å². The van der Waals surface area contributed by atoms with Crippen LogP contribution in [0.1, 0.15) is 54.6 Å². The molecule has 1 fully saturated rings. The van der Waals surface area contributed by atoms with Gasteiger partial charge in [0.05, 0.1) is 11.0 Å². The lowest BCUT2D eigenvalue weighted by atomic mass is 10.1. The number of amides is 1. The van der Waals surface area contributed by atoms with E-state index in [9.17, 15) is 14.9 Å². The molecule has 1 atom stereocenters. The van der Waals surface area contributed by atoms with Gasteiger partial charge < -0.3 is 10.2 Å². The zero-order valence-electron chi connectivity index (χ0n) is 15.6. The van der Waals surface area contributed by atoms with E-state index in [4.69, 9.17) is 0 Å². The van der Waals surface area contributed by atoms with Crippen molar-refractivity contribution in [2.75, 3.05) is 18.0 Å². The predicted molar refractivity (Wildman–Crippen MR) is 106 cm³/mol. The number of hydrogen-bond acceptors (Lipinski definition) is 4. The largest absolute Gasteiger partial charge is 0.366 e. The molecule has 2 aromatic carbocycles. The first-order chi connectivity index (χ1) is 13.1. The molecule has 1 unspecified atom stereocenters. The molecule has 2 aromatic rings. The number of carbonyl (C=O) groups excluding carboxylic acids is 1. The van der Waals surface area contributed by atoms with Crippen molar-refractivity contribution in [1.29, 1.82) is 0 Å². The van der Waals surface area contributed by atoms with Crippen LogP contribution in [0.2, 0.25) is 0 Å². The first-order valence-corrected chi connectivity index (χ1v) is 9.45. The van der Waals surface area contributed by atoms with Crippen LogP contribution in [0, 0.1) is 10.1 Å². The Balaban J connectivity index is 1.80. The lowest BCUT2D eigenvalue weighted by molar-refractivity contribution is -0.384. The van der Waals surface area contributed by atoms with E-state index in [1.165, 1.54) is 6.07 Å². The lowest BCUT2D eigenvalue weighted by Gasteiger charge is -2.22. The molecule has 3 rings (SSSR count). The molecule has 27 heavy (non-hydrogen) atoms. The Kier molecular flexibility index (Phi) is 6.06. The van der Waals surface area contributed by atoms with Crippen molar-refractivity contribution in [2.45, 2.75) is 38.6 Å². The van der Waals surface area contributed by atoms with Gasteiger partial charge in [0.2, 0.25) is 0 Å². The Bertz CT molecular complexity index is 800. The lowest BCUT2D eigenvalue weighted by Crippen LogP contribution is -2.27. The monoisotopic (exact) mass is 367 g/mol. The highest BCUT2D eigenvalue weighted by atomic mass is 16.6. The SMILES string of the molecule is CC(NC(=O)c1ccc(N2CCCCCC2)c([N+](=O)[O-])c1)c1ccccc1. The van der Waals surface area contributed by atoms with Crippen LogP contribution in [0.5, 0.6) is 0 Å². The van der Waals surface area contributed by atoms with Gasteiger partial charge >= 0.3 is 0 Å². The summed E-state index contributed by atoms with van der Waals surface area (Å²) in [7, 11) is 0. The highest BCUT2D eigenvalue weighted by Gasteiger charge is 2.23. The third-order valence-corrected chi connectivity index (χ3v) is 5.03. The van der Waals surface area contributed by atoms with E-state index in [1.807, 2.05) is 37.3 Å². The summed E-state index contributed by atoms with van der Waals surface area (Å²) in [5, 5.41) is 14.5. The van der Waals surface area contributed by atoms with E-state index in [1.54, 1.807) is 12.1 Å². The zero-order chi connectivity index (χ0) is 19.2. The van der Waals surface area contributed by atoms with Gasteiger partial charge in [-0.05, 0) is 37.5 Å². The van der Waals surface area contributed by atoms with Gasteiger partial charge in [-0.1, -0.05) is 43.2 Å². The molecule has 1 saturated heterocycles. The summed E-state index contributed by atoms with van der Waals surface area (Å²) in [5.74, 6) is -0.308. The average molecular weight is 367 g/mol. The second kappa shape index (κ2) is 8.66. The molecule has 0 aromatic heterocycles. The Labute approximate surface area is 159 Å². The number of hydrogen-bond donors (Lipinski definition) is 1. The summed E-state index contributed by atoms with van der Waals surface area (Å²) < 4.78 is 0. The maximum Gasteiger partial charge on any atom is 0.293 e. The molecule has 1 N–H and O–H groups in total. The van der Waals surface area contributed by atoms with Gasteiger partial charge in [-0.15, -0.1) is 0 Å². The first kappa shape index (κ1) is 18.9. The van der Waals surface area contributed by atoms with Crippen molar-refractivity contribution < 1.29 is 9.72 Å². The number of nitro benzene ring substituents is 1. The van der Waals surface area contributed by atoms with E-state index in [0.717, 1.165) is 44.3 Å². The van der Waals surface area contributed by atoms with Crippen LogP contribution in [0.4, 0.5) is 11.4 Å². The molecule has 6 nitrogen and oxygen atoms in total. The Morgan fingerprint density at radius 1 is 1.07 bits per heavy atom. The summed E-state index contributed by atoms with van der Waals surface area (Å²) in [4.78, 5) is 25.9. The number of rotatable bonds is 5. The number of benzene rings is 2. The van der Waals surface area contributed by atoms with Crippen LogP contribution in [0.3, 0.4) is 0 Å². The van der Waals surface area contributed by atoms with Crippen LogP contribution in [0.25, 0.3) is 0 Å². The van der Waals surface area contributed by atoms with Crippen molar-refractivity contribution in [3.05, 3.63) is 69.8 Å². The number of nitrogens with one attached hydrogen (secondary N) is 1. The maximum absolute atomic E-state index is 12.6. The molecule has 6 heteroatoms. The second-order valence-electron chi connectivity index (χ2n) is 6.97. The number of nitro groups is 1. The van der Waals surface area contributed by atoms with E-state index < -0.39 is 4.92 Å². The van der Waals surface area contributed by atoms with Crippen molar-refractivity contribution in [1.82, 2.24) is 5.32 Å². The Morgan fingerprint density at radius 2 is 1.74 bits per heavy atom. The van der Waals surface area contributed by atoms with Crippen molar-refractivity contribution >= 4 is 17.3 Å². The summed E-state index contributed by atoms with van der Waals surface area (Å²) in [6.07, 6.45) is 4.38. The molecule has 0 spiro atoms. The standard InChI is InChI=1S/C21H25N3O3/c1-16(17-9-5-4-6-10-17)22-21(25)18-11-12-19(20(15-18)24(26)27)23-13-7-2-3-8-14-23/h4-6,9-12,15-16H,2-3,7-8,13-14H2,1H3,(H,22,25). The molecule has 0 radical (unpaired) electrons. The van der Waals surface area contributed by atoms with Gasteiger partial charge in [0.25, 0.3) is 11.6 Å². The summed E-state index contributed by atoms with van der Waals surface area (Å²) in [6.45, 7) is 3.53. The minimum absolute atomic E-state index is 0.00286. The fourth-order valence-electron chi connectivity index (χ4n) is 3.49. The average Bonchev–Trinajstić information content (AvgIpc) is 2.97. The van der Waals surface area contributed by atoms with Crippen LogP contribution in [0.15, 0.2) is 48.5 Å². The molecule has 1 heterocycles. The van der Waals surface area contributed by atoms with E-state index in [-0.39, 0.29) is 17.6 Å². The molecule has 1 aliphatic heterocycles. The highest BCUT2D eigenvalue weighted by Crippen LogP contribution is 2.31. The molecular formula is C21H25N3O3. The number of anilines is 1. The van der Waals surface area contributed by atoms with Gasteiger partial charge in [-0.2, -0.15) is 0 Å². The number of nitrogens with zero attached hydrogens (tertiary/aromatic N) is 2. The molecular weight excluding hydrogens is 342 g/mol. The molecule has 1 aliphatic rings. The Morgan fingerprint density at radius 3 is 2.37 bits per heavy atom. The van der Waals surface area contributed by atoms with Crippen molar-refractivity contribution in [3.63, 3.8) is 0 Å². The minimum Gasteiger partial charge on any atom is -0.366 e. The summed E-state index contributed by atoms with van der Waals surface area (Å²) >= 11 is 0. The maximum atomic E-state index is 12.6. The normalized spacial score (nSPS) is 15.7. The smallest absolute Gasteiger partial charge is 0.293 e. The van der Waals surface area contributed by atoms with Crippen LogP contribution >= 0.6 is 0 Å². The summed E-state index contributed by atoms with van der Waals surface area (Å²) in [6, 6.07) is 14.2. The van der Waals surface area contributed by atoms with Gasteiger partial charge in [-0.3, -0.25) is 14.9 Å². The highest BCUT2D eigenvalue weighted by molar-refractivity contribution is 5.96. The van der Waals surface area contributed by atoms with Crippen molar-refractivity contribution in [2.24, 2.45) is 0 Å². The van der Waals surface area contributed by atoms with Gasteiger partial charge in [0, 0.05) is 24.7 Å². The third kappa shape index (κ3) is 4.64. The van der Waals surface area contributed by atoms with E-state index in [0.29, 0.717) is 11.3 Å². The van der Waals surface area contributed by atoms with Gasteiger partial charge in [-0.25, -0.2) is 0 Å². The molecule has 142 valence electrons. The molecule has 0 saturated carbocycles. The quantitative estimate of drug-likeness (QED) is 0.625. The predicted octanol–water partition coefficient (Wildman–Crippen LogP) is 4.47. The first-order valence-electron chi connectivity index (χ1n) is 9.45. The van der Waals surface area contributed by atoms with Crippen LogP contribution in [-0.4, -0.2) is 23.9 Å². The molecule has 0 aliphatic carbocycles. The fraction of sp³-hybridized carbons (Fsp3) is 0.381. The fourth-order valence-corrected chi connectivity index (χ4v) is 3.49. The Hall–Kier alpha value is -2.89. The molecule has 0 bridgehead atoms. The van der Waals surface area contributed by atoms with Gasteiger partial charge in [0.1, 0.15) is 5.69 Å². The van der Waals surface area contributed by atoms with Gasteiger partial charge in [0.15, 0.2) is 0 Å². The minimum atomic E-state index is -0.391. The zero-order valence-corrected chi connectivity index (χ0v) is 15.6. The van der Waals surface area contributed by atoms with Crippen LogP contribution < -0.4 is 10.2 Å². The van der Waals surface area contributed by atoms with E-state index in [2.05, 4.69) is 10.2 Å². The summed E-state index contributed by atoms with van der Waals surface area (Å²) in [5.41, 5.74) is 1.90.